The van der Waals surface area contributed by atoms with Gasteiger partial charge in [-0.25, -0.2) is 13.4 Å². The molecule has 0 radical (unpaired) electrons. The van der Waals surface area contributed by atoms with Gasteiger partial charge in [-0.1, -0.05) is 0 Å². The SMILES string of the molecule is O=S(=O)(Nc1ccc2nc(C(F)(F)F)[nH]c2c1)c1cc(Br)c(Br)s1. The number of benzene rings is 1. The molecule has 2 heterocycles. The lowest BCUT2D eigenvalue weighted by Gasteiger charge is -2.05. The van der Waals surface area contributed by atoms with E-state index in [-0.39, 0.29) is 20.9 Å². The number of hydrogen-bond acceptors (Lipinski definition) is 4. The van der Waals surface area contributed by atoms with Gasteiger partial charge in [0.15, 0.2) is 0 Å². The van der Waals surface area contributed by atoms with Crippen LogP contribution in [0.5, 0.6) is 0 Å². The van der Waals surface area contributed by atoms with E-state index in [2.05, 4.69) is 46.5 Å². The van der Waals surface area contributed by atoms with Crippen molar-refractivity contribution in [3.8, 4) is 0 Å². The predicted molar refractivity (Wildman–Crippen MR) is 91.6 cm³/mol. The smallest absolute Gasteiger partial charge is 0.334 e. The molecule has 0 saturated heterocycles. The molecule has 0 aliphatic carbocycles. The zero-order valence-electron chi connectivity index (χ0n) is 11.3. The second-order valence-electron chi connectivity index (χ2n) is 4.61. The highest BCUT2D eigenvalue weighted by Gasteiger charge is 2.34. The Kier molecular flexibility index (Phi) is 4.43. The van der Waals surface area contributed by atoms with Crippen LogP contribution in [0.25, 0.3) is 11.0 Å². The first-order valence-electron chi connectivity index (χ1n) is 6.11. The van der Waals surface area contributed by atoms with Gasteiger partial charge in [0.1, 0.15) is 4.21 Å². The number of H-pyrrole nitrogens is 1. The number of nitrogens with zero attached hydrogens (tertiary/aromatic N) is 1. The number of sulfonamides is 1. The molecule has 3 aromatic rings. The number of nitrogens with one attached hydrogen (secondary N) is 2. The highest BCUT2D eigenvalue weighted by Crippen LogP contribution is 2.36. The summed E-state index contributed by atoms with van der Waals surface area (Å²) in [6, 6.07) is 5.33. The second kappa shape index (κ2) is 6.00. The minimum absolute atomic E-state index is 0.0574. The van der Waals surface area contributed by atoms with Crippen LogP contribution >= 0.6 is 43.2 Å². The fraction of sp³-hybridized carbons (Fsp3) is 0.0833. The van der Waals surface area contributed by atoms with Crippen molar-refractivity contribution in [3.63, 3.8) is 0 Å². The van der Waals surface area contributed by atoms with E-state index < -0.39 is 22.0 Å². The molecule has 0 aliphatic rings. The van der Waals surface area contributed by atoms with Crippen LogP contribution in [0.15, 0.2) is 36.7 Å². The van der Waals surface area contributed by atoms with Gasteiger partial charge in [-0.05, 0) is 56.1 Å². The Hall–Kier alpha value is -1.11. The molecule has 0 amide bonds. The van der Waals surface area contributed by atoms with Gasteiger partial charge in [0.25, 0.3) is 10.0 Å². The highest BCUT2D eigenvalue weighted by molar-refractivity contribution is 9.13. The van der Waals surface area contributed by atoms with Crippen LogP contribution in [0.4, 0.5) is 18.9 Å². The summed E-state index contributed by atoms with van der Waals surface area (Å²) in [4.78, 5) is 5.56. The number of hydrogen-bond donors (Lipinski definition) is 2. The molecule has 0 bridgehead atoms. The van der Waals surface area contributed by atoms with Crippen molar-refractivity contribution in [1.82, 2.24) is 9.97 Å². The normalized spacial score (nSPS) is 12.7. The van der Waals surface area contributed by atoms with Crippen LogP contribution in [-0.4, -0.2) is 18.4 Å². The summed E-state index contributed by atoms with van der Waals surface area (Å²) in [6.45, 7) is 0. The molecule has 0 spiro atoms. The minimum Gasteiger partial charge on any atom is -0.334 e. The summed E-state index contributed by atoms with van der Waals surface area (Å²) >= 11 is 7.41. The first-order valence-corrected chi connectivity index (χ1v) is 9.99. The standard InChI is InChI=1S/C12H6Br2F3N3O2S2/c13-6-4-9(23-10(6)14)24(21,22)20-5-1-2-7-8(3-5)19-11(18-7)12(15,16)17/h1-4,20H,(H,18,19). The van der Waals surface area contributed by atoms with Crippen molar-refractivity contribution in [2.24, 2.45) is 0 Å². The quantitative estimate of drug-likeness (QED) is 0.528. The highest BCUT2D eigenvalue weighted by atomic mass is 79.9. The van der Waals surface area contributed by atoms with Crippen LogP contribution < -0.4 is 4.72 Å². The van der Waals surface area contributed by atoms with Gasteiger partial charge in [-0.3, -0.25) is 4.72 Å². The van der Waals surface area contributed by atoms with E-state index in [9.17, 15) is 21.6 Å². The number of alkyl halides is 3. The summed E-state index contributed by atoms with van der Waals surface area (Å²) in [5.74, 6) is -1.14. The molecular weight excluding hydrogens is 499 g/mol. The summed E-state index contributed by atoms with van der Waals surface area (Å²) in [6.07, 6.45) is -4.60. The van der Waals surface area contributed by atoms with Crippen molar-refractivity contribution < 1.29 is 21.6 Å². The molecule has 0 fully saturated rings. The molecule has 5 nitrogen and oxygen atoms in total. The van der Waals surface area contributed by atoms with Crippen LogP contribution in [0.3, 0.4) is 0 Å². The zero-order chi connectivity index (χ0) is 17.7. The molecule has 12 heteroatoms. The molecule has 0 atom stereocenters. The summed E-state index contributed by atoms with van der Waals surface area (Å²) in [7, 11) is -3.85. The number of halogens is 5. The van der Waals surface area contributed by atoms with Crippen LogP contribution in [0.1, 0.15) is 5.82 Å². The van der Waals surface area contributed by atoms with E-state index in [0.717, 1.165) is 11.3 Å². The average molecular weight is 505 g/mol. The van der Waals surface area contributed by atoms with Crippen molar-refractivity contribution in [3.05, 3.63) is 38.3 Å². The molecule has 128 valence electrons. The fourth-order valence-electron chi connectivity index (χ4n) is 1.87. The first kappa shape index (κ1) is 17.7. The number of aromatic amines is 1. The Labute approximate surface area is 154 Å². The van der Waals surface area contributed by atoms with Crippen molar-refractivity contribution in [1.29, 1.82) is 0 Å². The van der Waals surface area contributed by atoms with Gasteiger partial charge < -0.3 is 4.98 Å². The number of aromatic nitrogens is 2. The van der Waals surface area contributed by atoms with Gasteiger partial charge in [0.2, 0.25) is 5.82 Å². The molecular formula is C12H6Br2F3N3O2S2. The largest absolute Gasteiger partial charge is 0.449 e. The maximum Gasteiger partial charge on any atom is 0.449 e. The summed E-state index contributed by atoms with van der Waals surface area (Å²) in [5.41, 5.74) is 0.295. The zero-order valence-corrected chi connectivity index (χ0v) is 16.1. The summed E-state index contributed by atoms with van der Waals surface area (Å²) < 4.78 is 66.2. The predicted octanol–water partition coefficient (Wildman–Crippen LogP) is 4.97. The van der Waals surface area contributed by atoms with E-state index >= 15 is 0 Å². The maximum atomic E-state index is 12.6. The van der Waals surface area contributed by atoms with Crippen molar-refractivity contribution in [2.75, 3.05) is 4.72 Å². The Morgan fingerprint density at radius 1 is 1.21 bits per heavy atom. The molecule has 0 aliphatic heterocycles. The number of anilines is 1. The van der Waals surface area contributed by atoms with Crippen LogP contribution in [0, 0.1) is 0 Å². The van der Waals surface area contributed by atoms with E-state index in [4.69, 9.17) is 0 Å². The van der Waals surface area contributed by atoms with Crippen LogP contribution in [0.2, 0.25) is 0 Å². The minimum atomic E-state index is -4.60. The Bertz CT molecular complexity index is 1010. The third kappa shape index (κ3) is 3.46. The molecule has 2 aromatic heterocycles. The summed E-state index contributed by atoms with van der Waals surface area (Å²) in [5, 5.41) is 0. The fourth-order valence-corrected chi connectivity index (χ4v) is 5.74. The molecule has 1 aromatic carbocycles. The van der Waals surface area contributed by atoms with E-state index in [1.807, 2.05) is 0 Å². The Morgan fingerprint density at radius 2 is 1.92 bits per heavy atom. The topological polar surface area (TPSA) is 74.8 Å². The molecule has 3 rings (SSSR count). The Balaban J connectivity index is 1.95. The average Bonchev–Trinajstić information content (AvgIpc) is 3.02. The lowest BCUT2D eigenvalue weighted by molar-refractivity contribution is -0.144. The van der Waals surface area contributed by atoms with E-state index in [0.29, 0.717) is 8.26 Å². The molecule has 0 unspecified atom stereocenters. The first-order chi connectivity index (χ1) is 11.1. The van der Waals surface area contributed by atoms with Gasteiger partial charge in [-0.2, -0.15) is 13.2 Å². The van der Waals surface area contributed by atoms with Gasteiger partial charge >= 0.3 is 6.18 Å². The maximum absolute atomic E-state index is 12.6. The molecule has 24 heavy (non-hydrogen) atoms. The molecule has 0 saturated carbocycles. The number of fused-ring (bicyclic) bond motifs is 1. The van der Waals surface area contributed by atoms with Gasteiger partial charge in [0, 0.05) is 4.47 Å². The van der Waals surface area contributed by atoms with Gasteiger partial charge in [-0.15, -0.1) is 11.3 Å². The number of thiophene rings is 1. The lowest BCUT2D eigenvalue weighted by atomic mass is 10.3. The van der Waals surface area contributed by atoms with E-state index in [1.165, 1.54) is 24.3 Å². The lowest BCUT2D eigenvalue weighted by Crippen LogP contribution is -2.11. The van der Waals surface area contributed by atoms with Crippen molar-refractivity contribution >= 4 is 69.9 Å². The third-order valence-corrected chi connectivity index (χ3v) is 8.00. The van der Waals surface area contributed by atoms with Gasteiger partial charge in [0.05, 0.1) is 20.5 Å². The number of imidazole rings is 1. The number of rotatable bonds is 3. The van der Waals surface area contributed by atoms with Crippen molar-refractivity contribution in [2.45, 2.75) is 10.4 Å². The third-order valence-electron chi connectivity index (χ3n) is 2.89. The molecule has 2 N–H and O–H groups in total. The monoisotopic (exact) mass is 503 g/mol. The van der Waals surface area contributed by atoms with E-state index in [1.54, 1.807) is 0 Å². The Morgan fingerprint density at radius 3 is 2.50 bits per heavy atom. The van der Waals surface area contributed by atoms with Crippen LogP contribution in [-0.2, 0) is 16.2 Å². The second-order valence-corrected chi connectivity index (χ2v) is 9.74.